The van der Waals surface area contributed by atoms with Crippen LogP contribution in [0.25, 0.3) is 0 Å². The predicted octanol–water partition coefficient (Wildman–Crippen LogP) is 7.34. The van der Waals surface area contributed by atoms with Crippen LogP contribution in [-0.2, 0) is 0 Å². The van der Waals surface area contributed by atoms with Gasteiger partial charge in [0.05, 0.1) is 0 Å². The molecule has 0 aromatic rings. The maximum Gasteiger partial charge on any atom is 0.00952 e. The lowest BCUT2D eigenvalue weighted by molar-refractivity contribution is 0.209. The molecule has 1 unspecified atom stereocenters. The van der Waals surface area contributed by atoms with Crippen molar-refractivity contribution in [3.63, 3.8) is 0 Å². The minimum absolute atomic E-state index is 0.916. The molecule has 138 valence electrons. The van der Waals surface area contributed by atoms with Crippen molar-refractivity contribution >= 4 is 0 Å². The first-order valence-electron chi connectivity index (χ1n) is 11.1. The van der Waals surface area contributed by atoms with E-state index in [0.717, 1.165) is 6.04 Å². The van der Waals surface area contributed by atoms with E-state index in [4.69, 9.17) is 0 Å². The summed E-state index contributed by atoms with van der Waals surface area (Å²) < 4.78 is 0. The molecule has 0 N–H and O–H groups in total. The Kier molecular flexibility index (Phi) is 14.1. The molecule has 0 amide bonds. The van der Waals surface area contributed by atoms with E-state index in [9.17, 15) is 0 Å². The van der Waals surface area contributed by atoms with Crippen LogP contribution < -0.4 is 0 Å². The standard InChI is InChI=1S/C22H45N/c1-3-5-7-9-11-13-15-19-22(23-20-16-17-21-23)18-14-12-10-8-6-4-2/h22H,3-21H2,1-2H3. The van der Waals surface area contributed by atoms with Crippen molar-refractivity contribution in [2.24, 2.45) is 0 Å². The summed E-state index contributed by atoms with van der Waals surface area (Å²) in [5, 5.41) is 0. The van der Waals surface area contributed by atoms with Gasteiger partial charge in [0.1, 0.15) is 0 Å². The van der Waals surface area contributed by atoms with Crippen LogP contribution in [-0.4, -0.2) is 24.0 Å². The van der Waals surface area contributed by atoms with Crippen molar-refractivity contribution in [2.45, 2.75) is 129 Å². The highest BCUT2D eigenvalue weighted by atomic mass is 15.2. The smallest absolute Gasteiger partial charge is 0.00952 e. The molecule has 0 bridgehead atoms. The summed E-state index contributed by atoms with van der Waals surface area (Å²) >= 11 is 0. The van der Waals surface area contributed by atoms with Crippen LogP contribution in [0.1, 0.15) is 123 Å². The van der Waals surface area contributed by atoms with Gasteiger partial charge in [0, 0.05) is 6.04 Å². The molecule has 0 aromatic heterocycles. The molecule has 1 aliphatic rings. The Labute approximate surface area is 147 Å². The van der Waals surface area contributed by atoms with Crippen LogP contribution in [0.15, 0.2) is 0 Å². The average Bonchev–Trinajstić information content (AvgIpc) is 3.09. The minimum atomic E-state index is 0.916. The molecular formula is C22H45N. The largest absolute Gasteiger partial charge is 0.300 e. The topological polar surface area (TPSA) is 3.24 Å². The molecule has 1 atom stereocenters. The van der Waals surface area contributed by atoms with Crippen LogP contribution >= 0.6 is 0 Å². The summed E-state index contributed by atoms with van der Waals surface area (Å²) in [4.78, 5) is 2.82. The molecule has 0 saturated carbocycles. The monoisotopic (exact) mass is 323 g/mol. The SMILES string of the molecule is CCCCCCCCCC(CCCCCCCC)N1CCCC1. The van der Waals surface area contributed by atoms with Crippen LogP contribution in [0.2, 0.25) is 0 Å². The third-order valence-electron chi connectivity index (χ3n) is 5.69. The molecule has 1 fully saturated rings. The molecule has 1 heteroatoms. The third-order valence-corrected chi connectivity index (χ3v) is 5.69. The number of hydrogen-bond acceptors (Lipinski definition) is 1. The first kappa shape index (κ1) is 21.0. The summed E-state index contributed by atoms with van der Waals surface area (Å²) in [5.41, 5.74) is 0. The Morgan fingerprint density at radius 1 is 0.565 bits per heavy atom. The summed E-state index contributed by atoms with van der Waals surface area (Å²) in [6, 6.07) is 0.916. The van der Waals surface area contributed by atoms with Crippen LogP contribution in [0, 0.1) is 0 Å². The van der Waals surface area contributed by atoms with Gasteiger partial charge in [-0.1, -0.05) is 97.3 Å². The van der Waals surface area contributed by atoms with E-state index in [-0.39, 0.29) is 0 Å². The van der Waals surface area contributed by atoms with Crippen LogP contribution in [0.5, 0.6) is 0 Å². The fraction of sp³-hybridized carbons (Fsp3) is 1.00. The van der Waals surface area contributed by atoms with Crippen molar-refractivity contribution in [3.05, 3.63) is 0 Å². The zero-order chi connectivity index (χ0) is 16.6. The zero-order valence-corrected chi connectivity index (χ0v) is 16.5. The highest BCUT2D eigenvalue weighted by Crippen LogP contribution is 2.22. The Hall–Kier alpha value is -0.0400. The predicted molar refractivity (Wildman–Crippen MR) is 105 cm³/mol. The second kappa shape index (κ2) is 15.5. The first-order valence-corrected chi connectivity index (χ1v) is 11.1. The Morgan fingerprint density at radius 3 is 1.39 bits per heavy atom. The maximum absolute atomic E-state index is 2.82. The van der Waals surface area contributed by atoms with E-state index < -0.39 is 0 Å². The van der Waals surface area contributed by atoms with Gasteiger partial charge < -0.3 is 4.90 Å². The quantitative estimate of drug-likeness (QED) is 0.268. The number of nitrogens with zero attached hydrogens (tertiary/aromatic N) is 1. The summed E-state index contributed by atoms with van der Waals surface area (Å²) in [5.74, 6) is 0. The Morgan fingerprint density at radius 2 is 0.957 bits per heavy atom. The van der Waals surface area contributed by atoms with Crippen molar-refractivity contribution in [2.75, 3.05) is 13.1 Å². The van der Waals surface area contributed by atoms with E-state index >= 15 is 0 Å². The maximum atomic E-state index is 2.82. The number of rotatable bonds is 16. The fourth-order valence-corrected chi connectivity index (χ4v) is 4.11. The molecule has 23 heavy (non-hydrogen) atoms. The van der Waals surface area contributed by atoms with E-state index in [2.05, 4.69) is 18.7 Å². The summed E-state index contributed by atoms with van der Waals surface area (Å²) in [6.07, 6.45) is 24.7. The van der Waals surface area contributed by atoms with E-state index in [1.165, 1.54) is 122 Å². The fourth-order valence-electron chi connectivity index (χ4n) is 4.11. The summed E-state index contributed by atoms with van der Waals surface area (Å²) in [7, 11) is 0. The molecule has 1 heterocycles. The molecular weight excluding hydrogens is 278 g/mol. The van der Waals surface area contributed by atoms with Gasteiger partial charge in [-0.25, -0.2) is 0 Å². The molecule has 0 aromatic carbocycles. The van der Waals surface area contributed by atoms with Crippen molar-refractivity contribution < 1.29 is 0 Å². The second-order valence-electron chi connectivity index (χ2n) is 7.86. The second-order valence-corrected chi connectivity index (χ2v) is 7.86. The lowest BCUT2D eigenvalue weighted by Gasteiger charge is -2.27. The molecule has 0 aliphatic carbocycles. The molecule has 1 saturated heterocycles. The average molecular weight is 324 g/mol. The normalized spacial score (nSPS) is 17.0. The van der Waals surface area contributed by atoms with E-state index in [1.807, 2.05) is 0 Å². The van der Waals surface area contributed by atoms with Gasteiger partial charge >= 0.3 is 0 Å². The number of likely N-dealkylation sites (tertiary alicyclic amines) is 1. The van der Waals surface area contributed by atoms with Gasteiger partial charge in [0.2, 0.25) is 0 Å². The Balaban J connectivity index is 2.08. The Bertz CT molecular complexity index is 232. The third kappa shape index (κ3) is 11.2. The lowest BCUT2D eigenvalue weighted by Crippen LogP contribution is -2.32. The van der Waals surface area contributed by atoms with E-state index in [0.29, 0.717) is 0 Å². The van der Waals surface area contributed by atoms with E-state index in [1.54, 1.807) is 0 Å². The molecule has 0 radical (unpaired) electrons. The van der Waals surface area contributed by atoms with Crippen LogP contribution in [0.4, 0.5) is 0 Å². The first-order chi connectivity index (χ1) is 11.4. The minimum Gasteiger partial charge on any atom is -0.300 e. The number of hydrogen-bond donors (Lipinski definition) is 0. The highest BCUT2D eigenvalue weighted by molar-refractivity contribution is 4.76. The van der Waals surface area contributed by atoms with Gasteiger partial charge in [-0.05, 0) is 38.8 Å². The molecule has 1 aliphatic heterocycles. The highest BCUT2D eigenvalue weighted by Gasteiger charge is 2.20. The van der Waals surface area contributed by atoms with Crippen LogP contribution in [0.3, 0.4) is 0 Å². The van der Waals surface area contributed by atoms with Gasteiger partial charge in [0.15, 0.2) is 0 Å². The molecule has 0 spiro atoms. The van der Waals surface area contributed by atoms with Gasteiger partial charge in [0.25, 0.3) is 0 Å². The zero-order valence-electron chi connectivity index (χ0n) is 16.5. The van der Waals surface area contributed by atoms with Crippen molar-refractivity contribution in [3.8, 4) is 0 Å². The summed E-state index contributed by atoms with van der Waals surface area (Å²) in [6.45, 7) is 7.39. The molecule has 1 nitrogen and oxygen atoms in total. The lowest BCUT2D eigenvalue weighted by atomic mass is 9.99. The number of unbranched alkanes of at least 4 members (excludes halogenated alkanes) is 11. The van der Waals surface area contributed by atoms with Crippen molar-refractivity contribution in [1.82, 2.24) is 4.90 Å². The van der Waals surface area contributed by atoms with Gasteiger partial charge in [-0.3, -0.25) is 0 Å². The van der Waals surface area contributed by atoms with Crippen molar-refractivity contribution in [1.29, 1.82) is 0 Å². The molecule has 1 rings (SSSR count). The van der Waals surface area contributed by atoms with Gasteiger partial charge in [-0.2, -0.15) is 0 Å². The van der Waals surface area contributed by atoms with Gasteiger partial charge in [-0.15, -0.1) is 0 Å².